The van der Waals surface area contributed by atoms with Gasteiger partial charge < -0.3 is 15.1 Å². The van der Waals surface area contributed by atoms with E-state index >= 15 is 0 Å². The summed E-state index contributed by atoms with van der Waals surface area (Å²) in [6.45, 7) is 5.68. The highest BCUT2D eigenvalue weighted by Crippen LogP contribution is 2.20. The van der Waals surface area contributed by atoms with Gasteiger partial charge in [0.2, 0.25) is 5.91 Å². The van der Waals surface area contributed by atoms with Crippen LogP contribution < -0.4 is 10.2 Å². The molecule has 1 fully saturated rings. The maximum atomic E-state index is 12.4. The molecule has 1 saturated heterocycles. The number of rotatable bonds is 4. The first-order chi connectivity index (χ1) is 11.6. The fraction of sp³-hybridized carbons (Fsp3) is 0.316. The molecule has 0 spiro atoms. The van der Waals surface area contributed by atoms with Gasteiger partial charge in [-0.3, -0.25) is 4.79 Å². The van der Waals surface area contributed by atoms with Crippen LogP contribution in [0.5, 0.6) is 0 Å². The van der Waals surface area contributed by atoms with E-state index in [1.165, 1.54) is 11.3 Å². The molecule has 1 aliphatic heterocycles. The van der Waals surface area contributed by atoms with E-state index in [-0.39, 0.29) is 5.91 Å². The van der Waals surface area contributed by atoms with Crippen LogP contribution >= 0.6 is 15.9 Å². The maximum Gasteiger partial charge on any atom is 0.241 e. The Labute approximate surface area is 151 Å². The van der Waals surface area contributed by atoms with Crippen LogP contribution in [0, 0.1) is 6.92 Å². The van der Waals surface area contributed by atoms with Gasteiger partial charge in [-0.25, -0.2) is 0 Å². The number of carbonyl (C=O) groups excluding carboxylic acids is 1. The first kappa shape index (κ1) is 16.8. The number of aryl methyl sites for hydroxylation is 1. The molecule has 126 valence electrons. The molecule has 2 aromatic carbocycles. The van der Waals surface area contributed by atoms with Gasteiger partial charge in [0.1, 0.15) is 0 Å². The number of nitrogens with one attached hydrogen (secondary N) is 1. The normalized spacial score (nSPS) is 14.6. The molecule has 2 aromatic rings. The van der Waals surface area contributed by atoms with Gasteiger partial charge in [0.15, 0.2) is 0 Å². The second kappa shape index (κ2) is 7.71. The number of hydrogen-bond acceptors (Lipinski definition) is 3. The van der Waals surface area contributed by atoms with Gasteiger partial charge >= 0.3 is 0 Å². The van der Waals surface area contributed by atoms with Gasteiger partial charge in [-0.05, 0) is 36.8 Å². The zero-order chi connectivity index (χ0) is 16.9. The number of para-hydroxylation sites is 1. The average molecular weight is 388 g/mol. The number of piperazine rings is 1. The van der Waals surface area contributed by atoms with Gasteiger partial charge in [0.05, 0.1) is 6.54 Å². The molecule has 1 N–H and O–H groups in total. The zero-order valence-corrected chi connectivity index (χ0v) is 15.4. The van der Waals surface area contributed by atoms with Crippen molar-refractivity contribution in [3.63, 3.8) is 0 Å². The molecule has 0 aliphatic carbocycles. The summed E-state index contributed by atoms with van der Waals surface area (Å²) in [6, 6.07) is 16.4. The molecule has 1 heterocycles. The fourth-order valence-corrected chi connectivity index (χ4v) is 3.22. The van der Waals surface area contributed by atoms with Crippen LogP contribution in [0.3, 0.4) is 0 Å². The lowest BCUT2D eigenvalue weighted by molar-refractivity contribution is -0.129. The van der Waals surface area contributed by atoms with E-state index in [4.69, 9.17) is 0 Å². The minimum absolute atomic E-state index is 0.152. The van der Waals surface area contributed by atoms with Gasteiger partial charge in [-0.2, -0.15) is 0 Å². The van der Waals surface area contributed by atoms with Crippen molar-refractivity contribution >= 4 is 33.2 Å². The average Bonchev–Trinajstić information content (AvgIpc) is 2.63. The van der Waals surface area contributed by atoms with Crippen molar-refractivity contribution < 1.29 is 4.79 Å². The monoisotopic (exact) mass is 387 g/mol. The largest absolute Gasteiger partial charge is 0.376 e. The molecule has 0 radical (unpaired) electrons. The smallest absolute Gasteiger partial charge is 0.241 e. The van der Waals surface area contributed by atoms with Gasteiger partial charge in [-0.15, -0.1) is 0 Å². The van der Waals surface area contributed by atoms with Crippen LogP contribution in [0.4, 0.5) is 11.4 Å². The van der Waals surface area contributed by atoms with Crippen LogP contribution in [0.2, 0.25) is 0 Å². The Kier molecular flexibility index (Phi) is 5.41. The van der Waals surface area contributed by atoms with Crippen molar-refractivity contribution in [2.24, 2.45) is 0 Å². The van der Waals surface area contributed by atoms with E-state index in [0.29, 0.717) is 6.54 Å². The van der Waals surface area contributed by atoms with Crippen LogP contribution in [0.1, 0.15) is 5.56 Å². The third kappa shape index (κ3) is 4.09. The van der Waals surface area contributed by atoms with E-state index in [9.17, 15) is 4.79 Å². The molecule has 0 saturated carbocycles. The van der Waals surface area contributed by atoms with Gasteiger partial charge in [-0.1, -0.05) is 40.2 Å². The molecule has 0 aromatic heterocycles. The Morgan fingerprint density at radius 3 is 2.46 bits per heavy atom. The summed E-state index contributed by atoms with van der Waals surface area (Å²) in [6.07, 6.45) is 0. The SMILES string of the molecule is Cc1ccc(NCC(=O)N2CCN(c3ccccc3)CC2)cc1Br. The molecule has 1 aliphatic rings. The summed E-state index contributed by atoms with van der Waals surface area (Å²) in [5, 5.41) is 3.22. The fourth-order valence-electron chi connectivity index (χ4n) is 2.85. The second-order valence-corrected chi connectivity index (χ2v) is 6.88. The molecule has 4 nitrogen and oxygen atoms in total. The third-order valence-corrected chi connectivity index (χ3v) is 5.22. The van der Waals surface area contributed by atoms with E-state index < -0.39 is 0 Å². The van der Waals surface area contributed by atoms with Crippen molar-refractivity contribution in [3.8, 4) is 0 Å². The third-order valence-electron chi connectivity index (χ3n) is 4.37. The van der Waals surface area contributed by atoms with Crippen molar-refractivity contribution in [3.05, 3.63) is 58.6 Å². The summed E-state index contributed by atoms with van der Waals surface area (Å²) in [5.74, 6) is 0.152. The van der Waals surface area contributed by atoms with Crippen LogP contribution in [0.15, 0.2) is 53.0 Å². The molecule has 0 atom stereocenters. The Morgan fingerprint density at radius 1 is 1.08 bits per heavy atom. The number of amides is 1. The van der Waals surface area contributed by atoms with E-state index in [1.807, 2.05) is 36.1 Å². The second-order valence-electron chi connectivity index (χ2n) is 6.02. The summed E-state index contributed by atoms with van der Waals surface area (Å²) in [7, 11) is 0. The van der Waals surface area contributed by atoms with Crippen LogP contribution in [0.25, 0.3) is 0 Å². The molecule has 1 amide bonds. The first-order valence-corrected chi connectivity index (χ1v) is 9.00. The zero-order valence-electron chi connectivity index (χ0n) is 13.8. The lowest BCUT2D eigenvalue weighted by atomic mass is 10.2. The first-order valence-electron chi connectivity index (χ1n) is 8.21. The Morgan fingerprint density at radius 2 is 1.79 bits per heavy atom. The molecule has 24 heavy (non-hydrogen) atoms. The summed E-state index contributed by atoms with van der Waals surface area (Å²) in [4.78, 5) is 16.7. The van der Waals surface area contributed by atoms with E-state index in [0.717, 1.165) is 36.3 Å². The highest BCUT2D eigenvalue weighted by molar-refractivity contribution is 9.10. The Hall–Kier alpha value is -2.01. The molecular formula is C19H22BrN3O. The van der Waals surface area contributed by atoms with Gasteiger partial charge in [0, 0.05) is 42.0 Å². The maximum absolute atomic E-state index is 12.4. The number of carbonyl (C=O) groups is 1. The topological polar surface area (TPSA) is 35.6 Å². The minimum atomic E-state index is 0.152. The standard InChI is InChI=1S/C19H22BrN3O/c1-15-7-8-16(13-18(15)20)21-14-19(24)23-11-9-22(10-12-23)17-5-3-2-4-6-17/h2-8,13,21H,9-12,14H2,1H3. The highest BCUT2D eigenvalue weighted by Gasteiger charge is 2.20. The quantitative estimate of drug-likeness (QED) is 0.871. The summed E-state index contributed by atoms with van der Waals surface area (Å²) in [5.41, 5.74) is 3.37. The molecular weight excluding hydrogens is 366 g/mol. The molecule has 3 rings (SSSR count). The van der Waals surface area contributed by atoms with Gasteiger partial charge in [0.25, 0.3) is 0 Å². The molecule has 0 unspecified atom stereocenters. The Bertz CT molecular complexity index is 697. The minimum Gasteiger partial charge on any atom is -0.376 e. The van der Waals surface area contributed by atoms with Crippen molar-refractivity contribution in [1.82, 2.24) is 4.90 Å². The number of benzene rings is 2. The lowest BCUT2D eigenvalue weighted by Crippen LogP contribution is -2.50. The molecule has 0 bridgehead atoms. The van der Waals surface area contributed by atoms with E-state index in [2.05, 4.69) is 50.4 Å². The van der Waals surface area contributed by atoms with Crippen molar-refractivity contribution in [1.29, 1.82) is 0 Å². The highest BCUT2D eigenvalue weighted by atomic mass is 79.9. The van der Waals surface area contributed by atoms with Crippen molar-refractivity contribution in [2.75, 3.05) is 42.9 Å². The summed E-state index contributed by atoms with van der Waals surface area (Å²) >= 11 is 3.52. The Balaban J connectivity index is 1.49. The lowest BCUT2D eigenvalue weighted by Gasteiger charge is -2.36. The predicted molar refractivity (Wildman–Crippen MR) is 103 cm³/mol. The molecule has 5 heteroatoms. The predicted octanol–water partition coefficient (Wildman–Crippen LogP) is 3.52. The summed E-state index contributed by atoms with van der Waals surface area (Å²) < 4.78 is 1.05. The number of anilines is 2. The number of hydrogen-bond donors (Lipinski definition) is 1. The number of halogens is 1. The van der Waals surface area contributed by atoms with Crippen LogP contribution in [-0.4, -0.2) is 43.5 Å². The van der Waals surface area contributed by atoms with Crippen molar-refractivity contribution in [2.45, 2.75) is 6.92 Å². The van der Waals surface area contributed by atoms with E-state index in [1.54, 1.807) is 0 Å². The number of nitrogens with zero attached hydrogens (tertiary/aromatic N) is 2. The van der Waals surface area contributed by atoms with Crippen LogP contribution in [-0.2, 0) is 4.79 Å².